The Labute approximate surface area is 171 Å². The highest BCUT2D eigenvalue weighted by Gasteiger charge is 2.29. The number of benzene rings is 2. The molecule has 29 heavy (non-hydrogen) atoms. The van der Waals surface area contributed by atoms with Crippen LogP contribution in [0.1, 0.15) is 18.1 Å². The van der Waals surface area contributed by atoms with Crippen LogP contribution in [0.3, 0.4) is 0 Å². The van der Waals surface area contributed by atoms with Gasteiger partial charge in [-0.2, -0.15) is 0 Å². The molecule has 1 N–H and O–H groups in total. The van der Waals surface area contributed by atoms with Crippen LogP contribution in [0.5, 0.6) is 0 Å². The number of aromatic nitrogens is 1. The van der Waals surface area contributed by atoms with E-state index < -0.39 is 22.0 Å². The van der Waals surface area contributed by atoms with E-state index in [1.807, 2.05) is 36.4 Å². The molecule has 0 bridgehead atoms. The highest BCUT2D eigenvalue weighted by atomic mass is 32.2. The second-order valence-electron chi connectivity index (χ2n) is 6.79. The van der Waals surface area contributed by atoms with Gasteiger partial charge in [0.2, 0.25) is 15.9 Å². The molecule has 0 spiro atoms. The fraction of sp³-hybridized carbons (Fsp3) is 0.182. The number of pyridine rings is 1. The van der Waals surface area contributed by atoms with Crippen LogP contribution in [-0.4, -0.2) is 31.6 Å². The van der Waals surface area contributed by atoms with E-state index in [1.54, 1.807) is 49.6 Å². The second kappa shape index (κ2) is 8.87. The number of anilines is 2. The number of hydrogen-bond acceptors (Lipinski definition) is 4. The van der Waals surface area contributed by atoms with Crippen LogP contribution in [0.4, 0.5) is 11.4 Å². The molecule has 3 aromatic rings. The second-order valence-corrected chi connectivity index (χ2v) is 8.65. The molecule has 2 aromatic carbocycles. The quantitative estimate of drug-likeness (QED) is 0.648. The molecule has 0 radical (unpaired) electrons. The zero-order chi connectivity index (χ0) is 20.9. The molecular formula is C22H23N3O3S. The van der Waals surface area contributed by atoms with Crippen LogP contribution >= 0.6 is 0 Å². The Kier molecular flexibility index (Phi) is 6.29. The first-order chi connectivity index (χ1) is 13.8. The molecule has 0 aliphatic heterocycles. The maximum atomic E-state index is 12.7. The Bertz CT molecular complexity index is 1050. The Morgan fingerprint density at radius 3 is 2.14 bits per heavy atom. The van der Waals surface area contributed by atoms with Gasteiger partial charge in [0, 0.05) is 18.1 Å². The summed E-state index contributed by atoms with van der Waals surface area (Å²) >= 11 is 0. The Hall–Kier alpha value is -3.19. The van der Waals surface area contributed by atoms with E-state index in [0.717, 1.165) is 28.1 Å². The van der Waals surface area contributed by atoms with E-state index in [4.69, 9.17) is 0 Å². The minimum atomic E-state index is -3.63. The molecule has 0 saturated carbocycles. The van der Waals surface area contributed by atoms with Gasteiger partial charge in [-0.25, -0.2) is 8.42 Å². The zero-order valence-corrected chi connectivity index (χ0v) is 17.1. The molecule has 1 heterocycles. The fourth-order valence-electron chi connectivity index (χ4n) is 3.07. The van der Waals surface area contributed by atoms with E-state index in [9.17, 15) is 13.2 Å². The summed E-state index contributed by atoms with van der Waals surface area (Å²) in [4.78, 5) is 16.7. The lowest BCUT2D eigenvalue weighted by Gasteiger charge is -2.28. The summed E-state index contributed by atoms with van der Waals surface area (Å²) in [6.45, 7) is 1.57. The summed E-state index contributed by atoms with van der Waals surface area (Å²) in [5.74, 6) is -0.402. The molecule has 150 valence electrons. The van der Waals surface area contributed by atoms with Gasteiger partial charge in [0.05, 0.1) is 11.9 Å². The largest absolute Gasteiger partial charge is 0.324 e. The van der Waals surface area contributed by atoms with Crippen LogP contribution in [0.25, 0.3) is 0 Å². The molecule has 1 atom stereocenters. The molecule has 0 saturated heterocycles. The van der Waals surface area contributed by atoms with E-state index in [0.29, 0.717) is 11.4 Å². The molecular weight excluding hydrogens is 386 g/mol. The van der Waals surface area contributed by atoms with Gasteiger partial charge >= 0.3 is 0 Å². The minimum absolute atomic E-state index is 0.402. The standard InChI is InChI=1S/C22H23N3O3S/c1-17(25(29(2,27)28)21-6-4-3-5-7-21)22(26)24-20-10-8-18(9-11-20)16-19-12-14-23-15-13-19/h3-15,17H,16H2,1-2H3,(H,24,26)/t17-/m1/s1. The summed E-state index contributed by atoms with van der Waals surface area (Å²) < 4.78 is 25.7. The van der Waals surface area contributed by atoms with Gasteiger partial charge in [0.1, 0.15) is 6.04 Å². The third-order valence-electron chi connectivity index (χ3n) is 4.48. The van der Waals surface area contributed by atoms with Crippen LogP contribution in [0, 0.1) is 0 Å². The number of carbonyl (C=O) groups is 1. The number of carbonyl (C=O) groups excluding carboxylic acids is 1. The van der Waals surface area contributed by atoms with Crippen LogP contribution in [0.15, 0.2) is 79.1 Å². The van der Waals surface area contributed by atoms with Crippen LogP contribution in [-0.2, 0) is 21.2 Å². The van der Waals surface area contributed by atoms with Crippen molar-refractivity contribution in [3.63, 3.8) is 0 Å². The van der Waals surface area contributed by atoms with Crippen molar-refractivity contribution in [2.45, 2.75) is 19.4 Å². The first-order valence-electron chi connectivity index (χ1n) is 9.18. The average molecular weight is 410 g/mol. The summed E-state index contributed by atoms with van der Waals surface area (Å²) in [5.41, 5.74) is 3.31. The third-order valence-corrected chi connectivity index (χ3v) is 5.72. The molecule has 3 rings (SSSR count). The highest BCUT2D eigenvalue weighted by molar-refractivity contribution is 7.92. The summed E-state index contributed by atoms with van der Waals surface area (Å²) in [6.07, 6.45) is 5.37. The van der Waals surface area contributed by atoms with Crippen molar-refractivity contribution in [1.29, 1.82) is 0 Å². The fourth-order valence-corrected chi connectivity index (χ4v) is 4.25. The molecule has 0 fully saturated rings. The summed E-state index contributed by atoms with van der Waals surface area (Å²) in [5, 5.41) is 2.80. The number of nitrogens with one attached hydrogen (secondary N) is 1. The maximum absolute atomic E-state index is 12.7. The minimum Gasteiger partial charge on any atom is -0.324 e. The Morgan fingerprint density at radius 1 is 0.966 bits per heavy atom. The number of rotatable bonds is 7. The number of sulfonamides is 1. The molecule has 0 unspecified atom stereocenters. The molecule has 0 aliphatic rings. The average Bonchev–Trinajstić information content (AvgIpc) is 2.70. The number of hydrogen-bond donors (Lipinski definition) is 1. The van der Waals surface area contributed by atoms with E-state index in [1.165, 1.54) is 0 Å². The first-order valence-corrected chi connectivity index (χ1v) is 11.0. The highest BCUT2D eigenvalue weighted by Crippen LogP contribution is 2.21. The predicted octanol–water partition coefficient (Wildman–Crippen LogP) is 3.47. The van der Waals surface area contributed by atoms with Gasteiger partial charge < -0.3 is 5.32 Å². The Balaban J connectivity index is 1.71. The topological polar surface area (TPSA) is 79.4 Å². The van der Waals surface area contributed by atoms with Gasteiger partial charge in [0.15, 0.2) is 0 Å². The molecule has 1 amide bonds. The van der Waals surface area contributed by atoms with Crippen LogP contribution < -0.4 is 9.62 Å². The van der Waals surface area contributed by atoms with Crippen molar-refractivity contribution in [3.8, 4) is 0 Å². The lowest BCUT2D eigenvalue weighted by atomic mass is 10.1. The van der Waals surface area contributed by atoms with Crippen molar-refractivity contribution >= 4 is 27.3 Å². The van der Waals surface area contributed by atoms with Crippen LogP contribution in [0.2, 0.25) is 0 Å². The molecule has 0 aliphatic carbocycles. The number of nitrogens with zero attached hydrogens (tertiary/aromatic N) is 2. The molecule has 7 heteroatoms. The predicted molar refractivity (Wildman–Crippen MR) is 115 cm³/mol. The van der Waals surface area contributed by atoms with E-state index in [-0.39, 0.29) is 0 Å². The number of amides is 1. The maximum Gasteiger partial charge on any atom is 0.247 e. The first kappa shape index (κ1) is 20.5. The van der Waals surface area contributed by atoms with E-state index in [2.05, 4.69) is 10.3 Å². The number of para-hydroxylation sites is 1. The van der Waals surface area contributed by atoms with Crippen molar-refractivity contribution < 1.29 is 13.2 Å². The van der Waals surface area contributed by atoms with Crippen molar-refractivity contribution in [2.24, 2.45) is 0 Å². The monoisotopic (exact) mass is 409 g/mol. The van der Waals surface area contributed by atoms with Gasteiger partial charge in [-0.15, -0.1) is 0 Å². The van der Waals surface area contributed by atoms with Gasteiger partial charge in [-0.05, 0) is 60.9 Å². The van der Waals surface area contributed by atoms with Gasteiger partial charge in [-0.1, -0.05) is 30.3 Å². The van der Waals surface area contributed by atoms with Crippen molar-refractivity contribution in [1.82, 2.24) is 4.98 Å². The Morgan fingerprint density at radius 2 is 1.55 bits per heavy atom. The summed E-state index contributed by atoms with van der Waals surface area (Å²) in [7, 11) is -3.63. The normalized spacial score (nSPS) is 12.2. The third kappa shape index (κ3) is 5.42. The SMILES string of the molecule is C[C@H](C(=O)Nc1ccc(Cc2ccncc2)cc1)N(c1ccccc1)S(C)(=O)=O. The van der Waals surface area contributed by atoms with Crippen molar-refractivity contribution in [2.75, 3.05) is 15.9 Å². The van der Waals surface area contributed by atoms with E-state index >= 15 is 0 Å². The smallest absolute Gasteiger partial charge is 0.247 e. The zero-order valence-electron chi connectivity index (χ0n) is 16.3. The lowest BCUT2D eigenvalue weighted by Crippen LogP contribution is -2.45. The summed E-state index contributed by atoms with van der Waals surface area (Å²) in [6, 6.07) is 19.1. The molecule has 6 nitrogen and oxygen atoms in total. The van der Waals surface area contributed by atoms with Gasteiger partial charge in [-0.3, -0.25) is 14.1 Å². The lowest BCUT2D eigenvalue weighted by molar-refractivity contribution is -0.116. The van der Waals surface area contributed by atoms with Gasteiger partial charge in [0.25, 0.3) is 0 Å². The molecule has 1 aromatic heterocycles. The van der Waals surface area contributed by atoms with Crippen molar-refractivity contribution in [3.05, 3.63) is 90.3 Å².